The molecule has 0 aromatic heterocycles. The van der Waals surface area contributed by atoms with Gasteiger partial charge in [-0.3, -0.25) is 4.79 Å². The van der Waals surface area contributed by atoms with Crippen molar-refractivity contribution in [1.82, 2.24) is 5.43 Å². The summed E-state index contributed by atoms with van der Waals surface area (Å²) in [6.45, 7) is 4.89. The summed E-state index contributed by atoms with van der Waals surface area (Å²) in [6, 6.07) is 15.5. The Bertz CT molecular complexity index is 1160. The van der Waals surface area contributed by atoms with Crippen molar-refractivity contribution in [3.8, 4) is 17.2 Å². The highest BCUT2D eigenvalue weighted by atomic mass is 35.5. The second kappa shape index (κ2) is 12.5. The van der Waals surface area contributed by atoms with E-state index in [0.29, 0.717) is 56.7 Å². The SMILES string of the molecule is CCOc1ccc(C(=O)N/N=C/c2cc(Cl)c(OCc3ccccc3Cl)c(Cl)c2)cc1OCC. The monoisotopic (exact) mass is 520 g/mol. The first-order valence-corrected chi connectivity index (χ1v) is 11.6. The number of hydrazone groups is 1. The van der Waals surface area contributed by atoms with Gasteiger partial charge in [0.2, 0.25) is 0 Å². The zero-order chi connectivity index (χ0) is 24.5. The molecule has 0 saturated heterocycles. The number of ether oxygens (including phenoxy) is 3. The molecule has 0 spiro atoms. The van der Waals surface area contributed by atoms with Crippen molar-refractivity contribution in [2.24, 2.45) is 5.10 Å². The largest absolute Gasteiger partial charge is 0.490 e. The van der Waals surface area contributed by atoms with E-state index in [9.17, 15) is 4.79 Å². The summed E-state index contributed by atoms with van der Waals surface area (Å²) in [7, 11) is 0. The Kier molecular flexibility index (Phi) is 9.45. The molecule has 0 aliphatic heterocycles. The lowest BCUT2D eigenvalue weighted by Crippen LogP contribution is -2.17. The van der Waals surface area contributed by atoms with E-state index in [1.54, 1.807) is 36.4 Å². The Hall–Kier alpha value is -2.93. The van der Waals surface area contributed by atoms with Crippen LogP contribution in [0.25, 0.3) is 0 Å². The second-order valence-corrected chi connectivity index (χ2v) is 8.14. The molecular weight excluding hydrogens is 499 g/mol. The van der Waals surface area contributed by atoms with E-state index in [0.717, 1.165) is 5.56 Å². The minimum absolute atomic E-state index is 0.217. The van der Waals surface area contributed by atoms with Crippen LogP contribution in [0.1, 0.15) is 35.3 Å². The lowest BCUT2D eigenvalue weighted by molar-refractivity contribution is 0.0954. The van der Waals surface area contributed by atoms with E-state index < -0.39 is 5.91 Å². The number of carbonyl (C=O) groups excluding carboxylic acids is 1. The smallest absolute Gasteiger partial charge is 0.271 e. The third kappa shape index (κ3) is 6.79. The van der Waals surface area contributed by atoms with Crippen LogP contribution in [0.3, 0.4) is 0 Å². The van der Waals surface area contributed by atoms with Crippen molar-refractivity contribution in [3.05, 3.63) is 86.4 Å². The minimum Gasteiger partial charge on any atom is -0.490 e. The van der Waals surface area contributed by atoms with Crippen molar-refractivity contribution in [2.75, 3.05) is 13.2 Å². The maximum atomic E-state index is 12.5. The summed E-state index contributed by atoms with van der Waals surface area (Å²) < 4.78 is 16.8. The molecule has 0 aliphatic rings. The van der Waals surface area contributed by atoms with Crippen LogP contribution < -0.4 is 19.6 Å². The van der Waals surface area contributed by atoms with Crippen molar-refractivity contribution >= 4 is 46.9 Å². The maximum Gasteiger partial charge on any atom is 0.271 e. The molecule has 1 amide bonds. The van der Waals surface area contributed by atoms with Gasteiger partial charge in [-0.25, -0.2) is 5.43 Å². The van der Waals surface area contributed by atoms with E-state index in [1.165, 1.54) is 6.21 Å². The third-order valence-electron chi connectivity index (χ3n) is 4.54. The van der Waals surface area contributed by atoms with Gasteiger partial charge in [0.15, 0.2) is 17.2 Å². The number of halogens is 3. The molecular formula is C25H23Cl3N2O4. The van der Waals surface area contributed by atoms with Gasteiger partial charge in [0, 0.05) is 16.1 Å². The molecule has 3 aromatic rings. The Balaban J connectivity index is 1.66. The molecule has 3 aromatic carbocycles. The molecule has 0 radical (unpaired) electrons. The summed E-state index contributed by atoms with van der Waals surface area (Å²) >= 11 is 18.9. The van der Waals surface area contributed by atoms with Crippen LogP contribution in [-0.2, 0) is 6.61 Å². The van der Waals surface area contributed by atoms with Gasteiger partial charge in [0.1, 0.15) is 6.61 Å². The normalized spacial score (nSPS) is 10.9. The zero-order valence-corrected chi connectivity index (χ0v) is 20.9. The van der Waals surface area contributed by atoms with E-state index in [4.69, 9.17) is 49.0 Å². The Morgan fingerprint density at radius 1 is 0.882 bits per heavy atom. The molecule has 0 aliphatic carbocycles. The summed E-state index contributed by atoms with van der Waals surface area (Å²) in [6.07, 6.45) is 1.44. The van der Waals surface area contributed by atoms with Gasteiger partial charge in [0.05, 0.1) is 29.5 Å². The Labute approximate surface area is 213 Å². The summed E-state index contributed by atoms with van der Waals surface area (Å²) in [5.74, 6) is 0.997. The minimum atomic E-state index is -0.405. The van der Waals surface area contributed by atoms with Crippen molar-refractivity contribution in [3.63, 3.8) is 0 Å². The molecule has 0 saturated carbocycles. The van der Waals surface area contributed by atoms with E-state index in [1.807, 2.05) is 32.0 Å². The Morgan fingerprint density at radius 3 is 2.24 bits per heavy atom. The first-order valence-electron chi connectivity index (χ1n) is 10.5. The quantitative estimate of drug-likeness (QED) is 0.236. The van der Waals surface area contributed by atoms with Crippen molar-refractivity contribution < 1.29 is 19.0 Å². The third-order valence-corrected chi connectivity index (χ3v) is 5.47. The van der Waals surface area contributed by atoms with Gasteiger partial charge < -0.3 is 14.2 Å². The maximum absolute atomic E-state index is 12.5. The number of amides is 1. The number of rotatable bonds is 10. The first kappa shape index (κ1) is 25.7. The topological polar surface area (TPSA) is 69.2 Å². The number of benzene rings is 3. The number of carbonyl (C=O) groups is 1. The van der Waals surface area contributed by atoms with Gasteiger partial charge >= 0.3 is 0 Å². The van der Waals surface area contributed by atoms with Crippen LogP contribution >= 0.6 is 34.8 Å². The Morgan fingerprint density at radius 2 is 1.56 bits per heavy atom. The predicted octanol–water partition coefficient (Wildman–Crippen LogP) is 6.79. The number of hydrogen-bond donors (Lipinski definition) is 1. The lowest BCUT2D eigenvalue weighted by Gasteiger charge is -2.12. The molecule has 34 heavy (non-hydrogen) atoms. The van der Waals surface area contributed by atoms with Crippen LogP contribution in [0.4, 0.5) is 0 Å². The van der Waals surface area contributed by atoms with Crippen LogP contribution in [0, 0.1) is 0 Å². The average molecular weight is 522 g/mol. The second-order valence-electron chi connectivity index (χ2n) is 6.92. The molecule has 6 nitrogen and oxygen atoms in total. The fourth-order valence-electron chi connectivity index (χ4n) is 2.98. The standard InChI is InChI=1S/C25H23Cl3N2O4/c1-3-32-22-10-9-17(13-23(22)33-4-2)25(31)30-29-14-16-11-20(27)24(21(28)12-16)34-15-18-7-5-6-8-19(18)26/h5-14H,3-4,15H2,1-2H3,(H,30,31)/b29-14+. The van der Waals surface area contributed by atoms with E-state index >= 15 is 0 Å². The van der Waals surface area contributed by atoms with Crippen LogP contribution in [0.5, 0.6) is 17.2 Å². The average Bonchev–Trinajstić information content (AvgIpc) is 2.81. The van der Waals surface area contributed by atoms with Gasteiger partial charge in [-0.05, 0) is 55.8 Å². The molecule has 3 rings (SSSR count). The summed E-state index contributed by atoms with van der Waals surface area (Å²) in [5, 5.41) is 5.20. The highest BCUT2D eigenvalue weighted by Crippen LogP contribution is 2.35. The van der Waals surface area contributed by atoms with Gasteiger partial charge in [-0.15, -0.1) is 0 Å². The lowest BCUT2D eigenvalue weighted by atomic mass is 10.2. The van der Waals surface area contributed by atoms with Crippen LogP contribution in [0.2, 0.25) is 15.1 Å². The highest BCUT2D eigenvalue weighted by molar-refractivity contribution is 6.37. The highest BCUT2D eigenvalue weighted by Gasteiger charge is 2.12. The molecule has 1 N–H and O–H groups in total. The predicted molar refractivity (Wildman–Crippen MR) is 136 cm³/mol. The summed E-state index contributed by atoms with van der Waals surface area (Å²) in [5.41, 5.74) is 4.25. The molecule has 0 heterocycles. The number of hydrogen-bond acceptors (Lipinski definition) is 5. The molecule has 178 valence electrons. The van der Waals surface area contributed by atoms with Crippen molar-refractivity contribution in [2.45, 2.75) is 20.5 Å². The van der Waals surface area contributed by atoms with E-state index in [-0.39, 0.29) is 6.61 Å². The first-order chi connectivity index (χ1) is 16.4. The molecule has 0 bridgehead atoms. The van der Waals surface area contributed by atoms with E-state index in [2.05, 4.69) is 10.5 Å². The zero-order valence-electron chi connectivity index (χ0n) is 18.6. The summed E-state index contributed by atoms with van der Waals surface area (Å²) in [4.78, 5) is 12.5. The molecule has 0 atom stereocenters. The number of nitrogens with one attached hydrogen (secondary N) is 1. The molecule has 9 heteroatoms. The van der Waals surface area contributed by atoms with Gasteiger partial charge in [-0.1, -0.05) is 53.0 Å². The number of nitrogens with zero attached hydrogens (tertiary/aromatic N) is 1. The van der Waals surface area contributed by atoms with Crippen LogP contribution in [0.15, 0.2) is 59.7 Å². The molecule has 0 fully saturated rings. The van der Waals surface area contributed by atoms with Crippen LogP contribution in [-0.4, -0.2) is 25.3 Å². The van der Waals surface area contributed by atoms with Crippen molar-refractivity contribution in [1.29, 1.82) is 0 Å². The van der Waals surface area contributed by atoms with Gasteiger partial charge in [-0.2, -0.15) is 5.10 Å². The molecule has 0 unspecified atom stereocenters. The fourth-order valence-corrected chi connectivity index (χ4v) is 3.78. The fraction of sp³-hybridized carbons (Fsp3) is 0.200. The van der Waals surface area contributed by atoms with Gasteiger partial charge in [0.25, 0.3) is 5.91 Å².